The van der Waals surface area contributed by atoms with Crippen LogP contribution in [0.15, 0.2) is 29.3 Å². The quantitative estimate of drug-likeness (QED) is 0.517. The second-order valence-electron chi connectivity index (χ2n) is 6.26. The first-order valence-electron chi connectivity index (χ1n) is 8.88. The Kier molecular flexibility index (Phi) is 7.56. The Morgan fingerprint density at radius 3 is 2.46 bits per heavy atom. The van der Waals surface area contributed by atoms with E-state index in [0.717, 1.165) is 31.2 Å². The van der Waals surface area contributed by atoms with Crippen LogP contribution in [0.4, 0.5) is 13.2 Å². The van der Waals surface area contributed by atoms with Crippen LogP contribution < -0.4 is 15.4 Å². The Morgan fingerprint density at radius 2 is 1.92 bits per heavy atom. The van der Waals surface area contributed by atoms with Crippen molar-refractivity contribution in [2.75, 3.05) is 33.3 Å². The number of likely N-dealkylation sites (N-methyl/N-ethyl adjacent to an activating group) is 1. The fourth-order valence-corrected chi connectivity index (χ4v) is 2.63. The number of nitrogens with zero attached hydrogens (tertiary/aromatic N) is 2. The molecule has 1 aliphatic rings. The number of rotatable bonds is 9. The van der Waals surface area contributed by atoms with E-state index in [1.165, 1.54) is 25.0 Å². The van der Waals surface area contributed by atoms with Crippen LogP contribution in [0.2, 0.25) is 0 Å². The molecule has 5 nitrogen and oxygen atoms in total. The molecule has 1 fully saturated rings. The third-order valence-corrected chi connectivity index (χ3v) is 4.17. The Labute approximate surface area is 152 Å². The molecule has 0 saturated heterocycles. The first-order chi connectivity index (χ1) is 12.4. The molecular weight excluding hydrogens is 345 g/mol. The summed E-state index contributed by atoms with van der Waals surface area (Å²) in [5.74, 6) is 0.905. The van der Waals surface area contributed by atoms with Crippen LogP contribution in [-0.2, 0) is 6.54 Å². The molecule has 8 heteroatoms. The number of alkyl halides is 3. The summed E-state index contributed by atoms with van der Waals surface area (Å²) in [7, 11) is 1.71. The molecule has 0 aliphatic heterocycles. The highest BCUT2D eigenvalue weighted by Gasteiger charge is 2.28. The van der Waals surface area contributed by atoms with Gasteiger partial charge in [-0.1, -0.05) is 19.1 Å². The summed E-state index contributed by atoms with van der Waals surface area (Å²) in [4.78, 5) is 6.64. The molecule has 2 rings (SSSR count). The SMILES string of the molecule is CCN(CCNC(=NC)NCc1ccc(OCC(F)(F)F)cc1)C1CC1. The van der Waals surface area contributed by atoms with Gasteiger partial charge in [0.2, 0.25) is 0 Å². The Bertz CT molecular complexity index is 571. The average Bonchev–Trinajstić information content (AvgIpc) is 3.45. The van der Waals surface area contributed by atoms with Crippen molar-refractivity contribution >= 4 is 5.96 Å². The number of benzene rings is 1. The third kappa shape index (κ3) is 7.51. The smallest absolute Gasteiger partial charge is 0.422 e. The third-order valence-electron chi connectivity index (χ3n) is 4.17. The summed E-state index contributed by atoms with van der Waals surface area (Å²) in [5.41, 5.74) is 0.931. The number of hydrogen-bond donors (Lipinski definition) is 2. The van der Waals surface area contributed by atoms with Crippen molar-refractivity contribution in [3.05, 3.63) is 29.8 Å². The predicted octanol–water partition coefficient (Wildman–Crippen LogP) is 2.78. The summed E-state index contributed by atoms with van der Waals surface area (Å²) in [6.07, 6.45) is -1.74. The van der Waals surface area contributed by atoms with Crippen molar-refractivity contribution in [2.24, 2.45) is 4.99 Å². The van der Waals surface area contributed by atoms with Gasteiger partial charge in [-0.05, 0) is 37.1 Å². The maximum atomic E-state index is 12.1. The minimum atomic E-state index is -4.33. The van der Waals surface area contributed by atoms with Crippen molar-refractivity contribution < 1.29 is 17.9 Å². The molecule has 0 heterocycles. The van der Waals surface area contributed by atoms with Gasteiger partial charge in [0.05, 0.1) is 0 Å². The monoisotopic (exact) mass is 372 g/mol. The highest BCUT2D eigenvalue weighted by molar-refractivity contribution is 5.79. The molecule has 0 unspecified atom stereocenters. The second-order valence-corrected chi connectivity index (χ2v) is 6.26. The van der Waals surface area contributed by atoms with Crippen LogP contribution in [0.3, 0.4) is 0 Å². The fraction of sp³-hybridized carbons (Fsp3) is 0.611. The van der Waals surface area contributed by atoms with E-state index >= 15 is 0 Å². The maximum absolute atomic E-state index is 12.1. The molecule has 1 aliphatic carbocycles. The Hall–Kier alpha value is -1.96. The number of halogens is 3. The van der Waals surface area contributed by atoms with Crippen LogP contribution in [0.1, 0.15) is 25.3 Å². The van der Waals surface area contributed by atoms with E-state index in [-0.39, 0.29) is 5.75 Å². The van der Waals surface area contributed by atoms with Gasteiger partial charge in [-0.2, -0.15) is 13.2 Å². The molecule has 1 aromatic carbocycles. The van der Waals surface area contributed by atoms with E-state index in [1.807, 2.05) is 0 Å². The first kappa shape index (κ1) is 20.4. The average molecular weight is 372 g/mol. The molecule has 0 bridgehead atoms. The number of nitrogens with one attached hydrogen (secondary N) is 2. The topological polar surface area (TPSA) is 48.9 Å². The molecule has 0 amide bonds. The highest BCUT2D eigenvalue weighted by atomic mass is 19.4. The molecule has 1 saturated carbocycles. The summed E-state index contributed by atoms with van der Waals surface area (Å²) < 4.78 is 41.1. The second kappa shape index (κ2) is 9.66. The molecule has 0 spiro atoms. The number of hydrogen-bond acceptors (Lipinski definition) is 3. The highest BCUT2D eigenvalue weighted by Crippen LogP contribution is 2.25. The minimum Gasteiger partial charge on any atom is -0.484 e. The lowest BCUT2D eigenvalue weighted by Gasteiger charge is -2.20. The Morgan fingerprint density at radius 1 is 1.23 bits per heavy atom. The fourth-order valence-electron chi connectivity index (χ4n) is 2.63. The summed E-state index contributed by atoms with van der Waals surface area (Å²) in [6.45, 7) is 4.27. The van der Waals surface area contributed by atoms with E-state index in [0.29, 0.717) is 12.5 Å². The van der Waals surface area contributed by atoms with Crippen LogP contribution in [0.5, 0.6) is 5.75 Å². The number of aliphatic imine (C=N–C) groups is 1. The van der Waals surface area contributed by atoms with Crippen molar-refractivity contribution in [1.29, 1.82) is 0 Å². The van der Waals surface area contributed by atoms with Gasteiger partial charge in [0.25, 0.3) is 0 Å². The molecule has 0 aromatic heterocycles. The molecule has 1 aromatic rings. The van der Waals surface area contributed by atoms with Gasteiger partial charge in [-0.3, -0.25) is 9.89 Å². The van der Waals surface area contributed by atoms with Gasteiger partial charge in [0.1, 0.15) is 5.75 Å². The van der Waals surface area contributed by atoms with E-state index in [1.54, 1.807) is 19.2 Å². The minimum absolute atomic E-state index is 0.202. The predicted molar refractivity (Wildman–Crippen MR) is 96.5 cm³/mol. The van der Waals surface area contributed by atoms with Crippen molar-refractivity contribution in [3.63, 3.8) is 0 Å². The largest absolute Gasteiger partial charge is 0.484 e. The zero-order chi connectivity index (χ0) is 19.0. The van der Waals surface area contributed by atoms with Crippen LogP contribution in [-0.4, -0.2) is 56.4 Å². The van der Waals surface area contributed by atoms with E-state index < -0.39 is 12.8 Å². The van der Waals surface area contributed by atoms with Gasteiger partial charge < -0.3 is 15.4 Å². The van der Waals surface area contributed by atoms with Gasteiger partial charge in [-0.15, -0.1) is 0 Å². The van der Waals surface area contributed by atoms with Gasteiger partial charge in [0.15, 0.2) is 12.6 Å². The van der Waals surface area contributed by atoms with Crippen molar-refractivity contribution in [3.8, 4) is 5.75 Å². The lowest BCUT2D eigenvalue weighted by Crippen LogP contribution is -2.41. The molecule has 0 atom stereocenters. The zero-order valence-electron chi connectivity index (χ0n) is 15.3. The van der Waals surface area contributed by atoms with Crippen LogP contribution >= 0.6 is 0 Å². The Balaban J connectivity index is 1.70. The summed E-state index contributed by atoms with van der Waals surface area (Å²) >= 11 is 0. The van der Waals surface area contributed by atoms with Crippen LogP contribution in [0.25, 0.3) is 0 Å². The van der Waals surface area contributed by atoms with E-state index in [9.17, 15) is 13.2 Å². The molecule has 146 valence electrons. The summed E-state index contributed by atoms with van der Waals surface area (Å²) in [5, 5.41) is 6.48. The van der Waals surface area contributed by atoms with Gasteiger partial charge in [0, 0.05) is 32.7 Å². The molecule has 0 radical (unpaired) electrons. The summed E-state index contributed by atoms with van der Waals surface area (Å²) in [6, 6.07) is 7.28. The molecular formula is C18H27F3N4O. The zero-order valence-corrected chi connectivity index (χ0v) is 15.3. The molecule has 2 N–H and O–H groups in total. The van der Waals surface area contributed by atoms with E-state index in [4.69, 9.17) is 4.74 Å². The van der Waals surface area contributed by atoms with Gasteiger partial charge in [-0.25, -0.2) is 0 Å². The normalized spacial score (nSPS) is 15.2. The van der Waals surface area contributed by atoms with Crippen LogP contribution in [0, 0.1) is 0 Å². The standard InChI is InChI=1S/C18H27F3N4O/c1-3-25(15-6-7-15)11-10-23-17(22-2)24-12-14-4-8-16(9-5-14)26-13-18(19,20)21/h4-5,8-9,15H,3,6-7,10-13H2,1-2H3,(H2,22,23,24). The lowest BCUT2D eigenvalue weighted by molar-refractivity contribution is -0.153. The van der Waals surface area contributed by atoms with Gasteiger partial charge >= 0.3 is 6.18 Å². The maximum Gasteiger partial charge on any atom is 0.422 e. The van der Waals surface area contributed by atoms with Crippen molar-refractivity contribution in [2.45, 2.75) is 38.5 Å². The number of ether oxygens (including phenoxy) is 1. The van der Waals surface area contributed by atoms with Crippen molar-refractivity contribution in [1.82, 2.24) is 15.5 Å². The lowest BCUT2D eigenvalue weighted by atomic mass is 10.2. The number of guanidine groups is 1. The first-order valence-corrected chi connectivity index (χ1v) is 8.88. The van der Waals surface area contributed by atoms with E-state index in [2.05, 4.69) is 27.4 Å². The molecule has 26 heavy (non-hydrogen) atoms.